The van der Waals surface area contributed by atoms with Crippen LogP contribution < -0.4 is 0 Å². The third-order valence-electron chi connectivity index (χ3n) is 3.82. The van der Waals surface area contributed by atoms with Crippen LogP contribution in [0.1, 0.15) is 37.5 Å². The van der Waals surface area contributed by atoms with Crippen LogP contribution >= 0.6 is 11.3 Å². The summed E-state index contributed by atoms with van der Waals surface area (Å²) in [6, 6.07) is 3.97. The van der Waals surface area contributed by atoms with Gasteiger partial charge in [-0.1, -0.05) is 6.07 Å². The number of nitrogens with zero attached hydrogens (tertiary/aromatic N) is 1. The van der Waals surface area contributed by atoms with Crippen molar-refractivity contribution in [2.75, 3.05) is 6.54 Å². The number of likely N-dealkylation sites (tertiary alicyclic amines) is 1. The number of carbonyl (C=O) groups excluding carboxylic acids is 1. The van der Waals surface area contributed by atoms with Crippen LogP contribution in [0.2, 0.25) is 0 Å². The first-order valence-electron chi connectivity index (χ1n) is 6.60. The Morgan fingerprint density at radius 1 is 1.47 bits per heavy atom. The number of rotatable bonds is 4. The third kappa shape index (κ3) is 2.97. The Kier molecular flexibility index (Phi) is 4.24. The van der Waals surface area contributed by atoms with Gasteiger partial charge in [-0.15, -0.1) is 11.3 Å². The smallest absolute Gasteiger partial charge is 0.329 e. The maximum atomic E-state index is 12.3. The molecule has 1 aliphatic rings. The number of carbonyl (C=O) groups is 2. The molecule has 19 heavy (non-hydrogen) atoms. The van der Waals surface area contributed by atoms with Crippen molar-refractivity contribution in [1.29, 1.82) is 0 Å². The molecule has 0 aromatic carbocycles. The molecule has 0 saturated carbocycles. The van der Waals surface area contributed by atoms with Gasteiger partial charge in [-0.05, 0) is 44.1 Å². The highest BCUT2D eigenvalue weighted by Gasteiger charge is 2.43. The molecule has 1 atom stereocenters. The van der Waals surface area contributed by atoms with Crippen LogP contribution in [-0.2, 0) is 16.0 Å². The van der Waals surface area contributed by atoms with Crippen molar-refractivity contribution in [3.05, 3.63) is 22.4 Å². The van der Waals surface area contributed by atoms with Crippen molar-refractivity contribution in [3.63, 3.8) is 0 Å². The Balaban J connectivity index is 2.01. The van der Waals surface area contributed by atoms with Gasteiger partial charge in [0.1, 0.15) is 5.54 Å². The number of aliphatic carboxylic acids is 1. The summed E-state index contributed by atoms with van der Waals surface area (Å²) >= 11 is 1.63. The van der Waals surface area contributed by atoms with Crippen LogP contribution in [-0.4, -0.2) is 34.0 Å². The van der Waals surface area contributed by atoms with Gasteiger partial charge >= 0.3 is 5.97 Å². The standard InChI is InChI=1S/C14H19NO3S/c1-14(13(17)18)8-2-3-9-15(14)12(16)7-6-11-5-4-10-19-11/h4-5,10H,2-3,6-9H2,1H3,(H,17,18). The maximum Gasteiger partial charge on any atom is 0.329 e. The van der Waals surface area contributed by atoms with Gasteiger partial charge in [-0.2, -0.15) is 0 Å². The predicted molar refractivity (Wildman–Crippen MR) is 74.2 cm³/mol. The zero-order chi connectivity index (χ0) is 13.9. The quantitative estimate of drug-likeness (QED) is 0.922. The van der Waals surface area contributed by atoms with Gasteiger partial charge in [0.05, 0.1) is 0 Å². The van der Waals surface area contributed by atoms with E-state index in [1.165, 1.54) is 4.88 Å². The minimum Gasteiger partial charge on any atom is -0.480 e. The number of hydrogen-bond donors (Lipinski definition) is 1. The van der Waals surface area contributed by atoms with E-state index in [0.717, 1.165) is 12.8 Å². The number of aryl methyl sites for hydroxylation is 1. The molecule has 2 rings (SSSR count). The van der Waals surface area contributed by atoms with Gasteiger partial charge in [0.2, 0.25) is 5.91 Å². The van der Waals surface area contributed by atoms with Crippen LogP contribution in [0.5, 0.6) is 0 Å². The Bertz CT molecular complexity index is 457. The van der Waals surface area contributed by atoms with Crippen molar-refractivity contribution < 1.29 is 14.7 Å². The van der Waals surface area contributed by atoms with Gasteiger partial charge in [0, 0.05) is 17.8 Å². The molecule has 1 aromatic rings. The molecule has 1 fully saturated rings. The van der Waals surface area contributed by atoms with Crippen LogP contribution in [0.3, 0.4) is 0 Å². The highest BCUT2D eigenvalue weighted by atomic mass is 32.1. The molecule has 4 nitrogen and oxygen atoms in total. The summed E-state index contributed by atoms with van der Waals surface area (Å²) in [5.74, 6) is -0.935. The van der Waals surface area contributed by atoms with E-state index in [0.29, 0.717) is 25.8 Å². The largest absolute Gasteiger partial charge is 0.480 e. The summed E-state index contributed by atoms with van der Waals surface area (Å²) in [4.78, 5) is 26.4. The molecule has 1 saturated heterocycles. The van der Waals surface area contributed by atoms with E-state index in [2.05, 4.69) is 0 Å². The number of hydrogen-bond acceptors (Lipinski definition) is 3. The van der Waals surface area contributed by atoms with Crippen molar-refractivity contribution in [3.8, 4) is 0 Å². The molecule has 1 unspecified atom stereocenters. The minimum atomic E-state index is -1.02. The SMILES string of the molecule is CC1(C(=O)O)CCCCN1C(=O)CCc1cccs1. The van der Waals surface area contributed by atoms with Gasteiger partial charge in [0.25, 0.3) is 0 Å². The molecule has 1 aromatic heterocycles. The van der Waals surface area contributed by atoms with Crippen molar-refractivity contribution in [1.82, 2.24) is 4.90 Å². The molecule has 0 aliphatic carbocycles. The zero-order valence-corrected chi connectivity index (χ0v) is 11.9. The van der Waals surface area contributed by atoms with Crippen molar-refractivity contribution >= 4 is 23.2 Å². The van der Waals surface area contributed by atoms with Crippen molar-refractivity contribution in [2.45, 2.75) is 44.6 Å². The van der Waals surface area contributed by atoms with E-state index in [9.17, 15) is 14.7 Å². The minimum absolute atomic E-state index is 0.0435. The first-order valence-corrected chi connectivity index (χ1v) is 7.48. The predicted octanol–water partition coefficient (Wildman–Crippen LogP) is 2.54. The molecule has 2 heterocycles. The van der Waals surface area contributed by atoms with E-state index in [1.54, 1.807) is 23.2 Å². The molecule has 0 spiro atoms. The lowest BCUT2D eigenvalue weighted by Gasteiger charge is -2.41. The molecule has 0 bridgehead atoms. The zero-order valence-electron chi connectivity index (χ0n) is 11.1. The van der Waals surface area contributed by atoms with Gasteiger partial charge in [-0.25, -0.2) is 4.79 Å². The summed E-state index contributed by atoms with van der Waals surface area (Å²) in [7, 11) is 0. The molecule has 1 N–H and O–H groups in total. The third-order valence-corrected chi connectivity index (χ3v) is 4.75. The molecule has 5 heteroatoms. The summed E-state index contributed by atoms with van der Waals surface area (Å²) in [6.45, 7) is 2.23. The van der Waals surface area contributed by atoms with Crippen LogP contribution in [0.25, 0.3) is 0 Å². The Morgan fingerprint density at radius 3 is 2.89 bits per heavy atom. The van der Waals surface area contributed by atoms with E-state index >= 15 is 0 Å². The number of thiophene rings is 1. The average molecular weight is 281 g/mol. The highest BCUT2D eigenvalue weighted by Crippen LogP contribution is 2.29. The van der Waals surface area contributed by atoms with Crippen molar-refractivity contribution in [2.24, 2.45) is 0 Å². The monoisotopic (exact) mass is 281 g/mol. The molecular weight excluding hydrogens is 262 g/mol. The first-order chi connectivity index (χ1) is 9.04. The molecule has 104 valence electrons. The highest BCUT2D eigenvalue weighted by molar-refractivity contribution is 7.09. The summed E-state index contributed by atoms with van der Waals surface area (Å²) in [5.41, 5.74) is -1.02. The Hall–Kier alpha value is -1.36. The summed E-state index contributed by atoms with van der Waals surface area (Å²) < 4.78 is 0. The number of carboxylic acid groups (broad SMARTS) is 1. The Labute approximate surface area is 117 Å². The topological polar surface area (TPSA) is 57.6 Å². The van der Waals surface area contributed by atoms with Gasteiger partial charge < -0.3 is 10.0 Å². The number of carboxylic acids is 1. The molecule has 1 amide bonds. The summed E-state index contributed by atoms with van der Waals surface area (Å²) in [5, 5.41) is 11.4. The van der Waals surface area contributed by atoms with Crippen LogP contribution in [0, 0.1) is 0 Å². The van der Waals surface area contributed by atoms with Crippen LogP contribution in [0.15, 0.2) is 17.5 Å². The van der Waals surface area contributed by atoms with Gasteiger partial charge in [-0.3, -0.25) is 4.79 Å². The molecular formula is C14H19NO3S. The number of amides is 1. The summed E-state index contributed by atoms with van der Waals surface area (Å²) in [6.07, 6.45) is 3.41. The lowest BCUT2D eigenvalue weighted by molar-refractivity contribution is -0.160. The Morgan fingerprint density at radius 2 is 2.26 bits per heavy atom. The van der Waals surface area contributed by atoms with E-state index in [4.69, 9.17) is 0 Å². The first kappa shape index (κ1) is 14.1. The number of piperidine rings is 1. The molecule has 1 aliphatic heterocycles. The second kappa shape index (κ2) is 5.74. The second-order valence-corrected chi connectivity index (χ2v) is 6.19. The lowest BCUT2D eigenvalue weighted by Crippen LogP contribution is -2.57. The van der Waals surface area contributed by atoms with Crippen LogP contribution in [0.4, 0.5) is 0 Å². The molecule has 0 radical (unpaired) electrons. The normalized spacial score (nSPS) is 23.3. The lowest BCUT2D eigenvalue weighted by atomic mass is 9.88. The second-order valence-electron chi connectivity index (χ2n) is 5.16. The van der Waals surface area contributed by atoms with E-state index in [1.807, 2.05) is 17.5 Å². The van der Waals surface area contributed by atoms with E-state index in [-0.39, 0.29) is 5.91 Å². The average Bonchev–Trinajstić information content (AvgIpc) is 2.89. The fourth-order valence-corrected chi connectivity index (χ4v) is 3.27. The van der Waals surface area contributed by atoms with Gasteiger partial charge in [0.15, 0.2) is 0 Å². The fraction of sp³-hybridized carbons (Fsp3) is 0.571. The fourth-order valence-electron chi connectivity index (χ4n) is 2.56. The maximum absolute atomic E-state index is 12.3. The van der Waals surface area contributed by atoms with E-state index < -0.39 is 11.5 Å².